The van der Waals surface area contributed by atoms with Gasteiger partial charge in [0.1, 0.15) is 0 Å². The topological polar surface area (TPSA) is 71.7 Å². The van der Waals surface area contributed by atoms with Gasteiger partial charge >= 0.3 is 0 Å². The molecule has 0 N–H and O–H groups in total. The highest BCUT2D eigenvalue weighted by Crippen LogP contribution is 2.28. The molecule has 0 aliphatic heterocycles. The molecule has 3 aromatic carbocycles. The van der Waals surface area contributed by atoms with Crippen LogP contribution in [-0.4, -0.2) is 36.3 Å². The third kappa shape index (κ3) is 3.92. The van der Waals surface area contributed by atoms with Gasteiger partial charge in [-0.3, -0.25) is 4.79 Å². The Balaban J connectivity index is 1.46. The molecule has 1 fully saturated rings. The third-order valence-electron chi connectivity index (χ3n) is 6.51. The van der Waals surface area contributed by atoms with Crippen LogP contribution in [0.3, 0.4) is 0 Å². The standard InChI is InChI=1S/C25H25N3O3S2/c1-27-22-16-13-17-7-3-6-10-21(17)23(22)32-25(27)26-24(29)18-11-14-20(15-12-18)33(30,31)28(2)19-8-4-5-9-19/h3,6-7,10-16,19H,4-5,8-9H2,1-2H3. The van der Waals surface area contributed by atoms with Gasteiger partial charge in [0.2, 0.25) is 10.0 Å². The number of aryl methyl sites for hydroxylation is 1. The summed E-state index contributed by atoms with van der Waals surface area (Å²) in [6, 6.07) is 18.4. The molecule has 0 saturated heterocycles. The minimum atomic E-state index is -3.58. The van der Waals surface area contributed by atoms with E-state index in [1.165, 1.54) is 27.8 Å². The van der Waals surface area contributed by atoms with Crippen LogP contribution in [0.4, 0.5) is 0 Å². The summed E-state index contributed by atoms with van der Waals surface area (Å²) in [5.74, 6) is -0.394. The molecule has 1 aliphatic carbocycles. The van der Waals surface area contributed by atoms with Crippen molar-refractivity contribution in [1.82, 2.24) is 8.87 Å². The summed E-state index contributed by atoms with van der Waals surface area (Å²) in [5.41, 5.74) is 1.38. The van der Waals surface area contributed by atoms with Crippen LogP contribution in [0.5, 0.6) is 0 Å². The molecule has 4 aromatic rings. The van der Waals surface area contributed by atoms with Crippen LogP contribution >= 0.6 is 11.3 Å². The fraction of sp³-hybridized carbons (Fsp3) is 0.280. The summed E-state index contributed by atoms with van der Waals surface area (Å²) in [7, 11) is -0.0384. The zero-order valence-electron chi connectivity index (χ0n) is 18.6. The van der Waals surface area contributed by atoms with Gasteiger partial charge in [0, 0.05) is 31.1 Å². The molecule has 1 heterocycles. The van der Waals surface area contributed by atoms with E-state index in [2.05, 4.69) is 23.2 Å². The number of amides is 1. The molecule has 5 rings (SSSR count). The van der Waals surface area contributed by atoms with Crippen molar-refractivity contribution < 1.29 is 13.2 Å². The van der Waals surface area contributed by atoms with E-state index >= 15 is 0 Å². The molecule has 0 unspecified atom stereocenters. The summed E-state index contributed by atoms with van der Waals surface area (Å²) >= 11 is 1.47. The van der Waals surface area contributed by atoms with Crippen LogP contribution in [0.25, 0.3) is 21.0 Å². The number of carbonyl (C=O) groups is 1. The number of sulfonamides is 1. The maximum atomic E-state index is 13.0. The average molecular weight is 480 g/mol. The highest BCUT2D eigenvalue weighted by atomic mass is 32.2. The Morgan fingerprint density at radius 1 is 1.03 bits per heavy atom. The number of fused-ring (bicyclic) bond motifs is 3. The number of hydrogen-bond acceptors (Lipinski definition) is 4. The van der Waals surface area contributed by atoms with Gasteiger partial charge in [0.05, 0.1) is 15.1 Å². The largest absolute Gasteiger partial charge is 0.319 e. The highest BCUT2D eigenvalue weighted by molar-refractivity contribution is 7.89. The van der Waals surface area contributed by atoms with Crippen molar-refractivity contribution in [2.45, 2.75) is 36.6 Å². The number of nitrogens with zero attached hydrogens (tertiary/aromatic N) is 3. The van der Waals surface area contributed by atoms with Gasteiger partial charge in [-0.05, 0) is 48.6 Å². The van der Waals surface area contributed by atoms with Gasteiger partial charge in [-0.15, -0.1) is 0 Å². The van der Waals surface area contributed by atoms with Crippen molar-refractivity contribution in [3.05, 3.63) is 71.0 Å². The monoisotopic (exact) mass is 479 g/mol. The Hall–Kier alpha value is -2.81. The molecular formula is C25H25N3O3S2. The zero-order valence-corrected chi connectivity index (χ0v) is 20.2. The summed E-state index contributed by atoms with van der Waals surface area (Å²) in [4.78, 5) is 18.0. The van der Waals surface area contributed by atoms with Gasteiger partial charge in [-0.25, -0.2) is 8.42 Å². The lowest BCUT2D eigenvalue weighted by atomic mass is 10.1. The molecule has 6 nitrogen and oxygen atoms in total. The first-order chi connectivity index (χ1) is 15.9. The Labute approximate surface area is 196 Å². The van der Waals surface area contributed by atoms with Gasteiger partial charge in [-0.1, -0.05) is 54.5 Å². The molecule has 1 aromatic heterocycles. The van der Waals surface area contributed by atoms with Gasteiger partial charge < -0.3 is 4.57 Å². The Bertz CT molecular complexity index is 1530. The van der Waals surface area contributed by atoms with E-state index in [0.717, 1.165) is 46.7 Å². The van der Waals surface area contributed by atoms with Gasteiger partial charge in [0.25, 0.3) is 5.91 Å². The van der Waals surface area contributed by atoms with E-state index in [1.807, 2.05) is 29.8 Å². The van der Waals surface area contributed by atoms with Crippen LogP contribution < -0.4 is 4.80 Å². The first-order valence-electron chi connectivity index (χ1n) is 11.0. The van der Waals surface area contributed by atoms with Crippen molar-refractivity contribution in [3.63, 3.8) is 0 Å². The van der Waals surface area contributed by atoms with Crippen molar-refractivity contribution in [2.24, 2.45) is 12.0 Å². The molecule has 8 heteroatoms. The minimum absolute atomic E-state index is 0.0513. The summed E-state index contributed by atoms with van der Waals surface area (Å²) in [5, 5.41) is 2.27. The molecule has 0 atom stereocenters. The Kier molecular flexibility index (Phi) is 5.68. The number of hydrogen-bond donors (Lipinski definition) is 0. The van der Waals surface area contributed by atoms with Crippen molar-refractivity contribution >= 4 is 48.3 Å². The number of benzene rings is 3. The molecule has 170 valence electrons. The second-order valence-electron chi connectivity index (χ2n) is 8.48. The van der Waals surface area contributed by atoms with Crippen molar-refractivity contribution in [2.75, 3.05) is 7.05 Å². The lowest BCUT2D eigenvalue weighted by Gasteiger charge is -2.23. The van der Waals surface area contributed by atoms with E-state index in [0.29, 0.717) is 10.4 Å². The summed E-state index contributed by atoms with van der Waals surface area (Å²) in [6.45, 7) is 0. The first-order valence-corrected chi connectivity index (χ1v) is 13.3. The molecule has 0 spiro atoms. The van der Waals surface area contributed by atoms with Crippen molar-refractivity contribution in [1.29, 1.82) is 0 Å². The van der Waals surface area contributed by atoms with E-state index in [4.69, 9.17) is 0 Å². The number of rotatable bonds is 4. The molecule has 33 heavy (non-hydrogen) atoms. The summed E-state index contributed by atoms with van der Waals surface area (Å²) in [6.07, 6.45) is 3.91. The fourth-order valence-electron chi connectivity index (χ4n) is 4.51. The molecule has 1 aliphatic rings. The SMILES string of the molecule is CN(C1CCCC1)S(=O)(=O)c1ccc(C(=O)N=c2sc3c4ccccc4ccc3n2C)cc1. The molecular weight excluding hydrogens is 454 g/mol. The second kappa shape index (κ2) is 8.52. The highest BCUT2D eigenvalue weighted by Gasteiger charge is 2.30. The van der Waals surface area contributed by atoms with E-state index < -0.39 is 15.9 Å². The lowest BCUT2D eigenvalue weighted by molar-refractivity contribution is 0.0998. The molecule has 0 radical (unpaired) electrons. The van der Waals surface area contributed by atoms with Crippen molar-refractivity contribution in [3.8, 4) is 0 Å². The quantitative estimate of drug-likeness (QED) is 0.426. The Morgan fingerprint density at radius 3 is 2.45 bits per heavy atom. The molecule has 1 amide bonds. The van der Waals surface area contributed by atoms with E-state index in [1.54, 1.807) is 19.2 Å². The number of aromatic nitrogens is 1. The smallest absolute Gasteiger partial charge is 0.279 e. The maximum absolute atomic E-state index is 13.0. The maximum Gasteiger partial charge on any atom is 0.279 e. The molecule has 1 saturated carbocycles. The van der Waals surface area contributed by atoms with Gasteiger partial charge in [0.15, 0.2) is 4.80 Å². The lowest BCUT2D eigenvalue weighted by Crippen LogP contribution is -2.35. The number of carbonyl (C=O) groups excluding carboxylic acids is 1. The minimum Gasteiger partial charge on any atom is -0.319 e. The van der Waals surface area contributed by atoms with E-state index in [9.17, 15) is 13.2 Å². The number of thiazole rings is 1. The summed E-state index contributed by atoms with van der Waals surface area (Å²) < 4.78 is 30.4. The molecule has 0 bridgehead atoms. The van der Waals surface area contributed by atoms with Crippen LogP contribution in [0.2, 0.25) is 0 Å². The normalized spacial score (nSPS) is 15.8. The van der Waals surface area contributed by atoms with Gasteiger partial charge in [-0.2, -0.15) is 9.30 Å². The van der Waals surface area contributed by atoms with Crippen LogP contribution in [0, 0.1) is 0 Å². The Morgan fingerprint density at radius 2 is 1.73 bits per heavy atom. The third-order valence-corrected chi connectivity index (χ3v) is 9.62. The van der Waals surface area contributed by atoms with Crippen LogP contribution in [0.15, 0.2) is 70.6 Å². The second-order valence-corrected chi connectivity index (χ2v) is 11.5. The average Bonchev–Trinajstić information content (AvgIpc) is 3.47. The predicted octanol–water partition coefficient (Wildman–Crippen LogP) is 4.70. The fourth-order valence-corrected chi connectivity index (χ4v) is 7.08. The van der Waals surface area contributed by atoms with Crippen LogP contribution in [-0.2, 0) is 17.1 Å². The zero-order chi connectivity index (χ0) is 23.2. The first kappa shape index (κ1) is 22.0. The van der Waals surface area contributed by atoms with E-state index in [-0.39, 0.29) is 10.9 Å². The van der Waals surface area contributed by atoms with Crippen LogP contribution in [0.1, 0.15) is 36.0 Å². The predicted molar refractivity (Wildman–Crippen MR) is 132 cm³/mol.